The highest BCUT2D eigenvalue weighted by Gasteiger charge is 2.26. The van der Waals surface area contributed by atoms with Gasteiger partial charge in [-0.1, -0.05) is 0 Å². The van der Waals surface area contributed by atoms with Crippen LogP contribution in [0.4, 0.5) is 23.7 Å². The van der Waals surface area contributed by atoms with Gasteiger partial charge in [-0.2, -0.15) is 13.2 Å². The van der Waals surface area contributed by atoms with Crippen molar-refractivity contribution in [3.63, 3.8) is 0 Å². The van der Waals surface area contributed by atoms with Gasteiger partial charge in [0.2, 0.25) is 0 Å². The number of amides is 2. The van der Waals surface area contributed by atoms with Gasteiger partial charge in [0.15, 0.2) is 0 Å². The first-order valence-corrected chi connectivity index (χ1v) is 5.23. The molecule has 0 heterocycles. The number of hydrogen-bond acceptors (Lipinski definition) is 2. The van der Waals surface area contributed by atoms with Crippen LogP contribution >= 0.6 is 0 Å². The van der Waals surface area contributed by atoms with Crippen LogP contribution in [0.25, 0.3) is 0 Å². The second kappa shape index (κ2) is 6.07. The fourth-order valence-corrected chi connectivity index (χ4v) is 1.19. The average molecular weight is 276 g/mol. The molecule has 0 saturated heterocycles. The Bertz CT molecular complexity index is 457. The second-order valence-electron chi connectivity index (χ2n) is 3.63. The molecule has 0 bridgehead atoms. The lowest BCUT2D eigenvalue weighted by Crippen LogP contribution is -2.31. The number of nitrogens with one attached hydrogen (secondary N) is 2. The van der Waals surface area contributed by atoms with Crippen LogP contribution in [-0.2, 0) is 0 Å². The number of aromatic carboxylic acids is 1. The molecule has 104 valence electrons. The Morgan fingerprint density at radius 3 is 2.21 bits per heavy atom. The zero-order valence-corrected chi connectivity index (χ0v) is 9.62. The number of benzene rings is 1. The fourth-order valence-electron chi connectivity index (χ4n) is 1.19. The third kappa shape index (κ3) is 5.75. The molecule has 19 heavy (non-hydrogen) atoms. The Morgan fingerprint density at radius 2 is 1.74 bits per heavy atom. The number of anilines is 1. The first-order chi connectivity index (χ1) is 8.78. The smallest absolute Gasteiger partial charge is 0.390 e. The van der Waals surface area contributed by atoms with Gasteiger partial charge in [-0.25, -0.2) is 9.59 Å². The van der Waals surface area contributed by atoms with Crippen molar-refractivity contribution < 1.29 is 27.9 Å². The quantitative estimate of drug-likeness (QED) is 0.790. The number of carboxylic acid groups (broad SMARTS) is 1. The zero-order chi connectivity index (χ0) is 14.5. The number of urea groups is 1. The number of carbonyl (C=O) groups excluding carboxylic acids is 1. The van der Waals surface area contributed by atoms with Gasteiger partial charge < -0.3 is 15.7 Å². The molecule has 0 aromatic heterocycles. The zero-order valence-electron chi connectivity index (χ0n) is 9.62. The molecule has 1 aromatic carbocycles. The molecule has 0 radical (unpaired) electrons. The number of alkyl halides is 3. The Morgan fingerprint density at radius 1 is 1.16 bits per heavy atom. The minimum absolute atomic E-state index is 0.0445. The summed E-state index contributed by atoms with van der Waals surface area (Å²) in [5.74, 6) is -1.11. The summed E-state index contributed by atoms with van der Waals surface area (Å²) in [6.07, 6.45) is -5.44. The maximum atomic E-state index is 11.8. The maximum Gasteiger partial charge on any atom is 0.390 e. The van der Waals surface area contributed by atoms with E-state index in [1.165, 1.54) is 24.3 Å². The van der Waals surface area contributed by atoms with Gasteiger partial charge in [0.1, 0.15) is 0 Å². The first-order valence-electron chi connectivity index (χ1n) is 5.23. The van der Waals surface area contributed by atoms with E-state index in [1.807, 2.05) is 5.32 Å². The number of carbonyl (C=O) groups is 2. The molecule has 0 unspecified atom stereocenters. The van der Waals surface area contributed by atoms with E-state index in [1.54, 1.807) is 0 Å². The van der Waals surface area contributed by atoms with Crippen molar-refractivity contribution in [1.29, 1.82) is 0 Å². The average Bonchev–Trinajstić information content (AvgIpc) is 2.27. The van der Waals surface area contributed by atoms with Crippen molar-refractivity contribution in [2.45, 2.75) is 12.6 Å². The van der Waals surface area contributed by atoms with E-state index in [0.29, 0.717) is 0 Å². The Kier molecular flexibility index (Phi) is 4.74. The SMILES string of the molecule is O=C(NCCC(F)(F)F)Nc1ccc(C(=O)O)cc1. The van der Waals surface area contributed by atoms with Crippen LogP contribution < -0.4 is 10.6 Å². The van der Waals surface area contributed by atoms with Gasteiger partial charge in [-0.05, 0) is 24.3 Å². The standard InChI is InChI=1S/C11H11F3N2O3/c12-11(13,14)5-6-15-10(19)16-8-3-1-7(2-4-8)9(17)18/h1-4H,5-6H2,(H,17,18)(H2,15,16,19). The molecular weight excluding hydrogens is 265 g/mol. The molecule has 0 saturated carbocycles. The highest BCUT2D eigenvalue weighted by Crippen LogP contribution is 2.18. The van der Waals surface area contributed by atoms with Gasteiger partial charge >= 0.3 is 18.2 Å². The largest absolute Gasteiger partial charge is 0.478 e. The van der Waals surface area contributed by atoms with Gasteiger partial charge in [0.25, 0.3) is 0 Å². The summed E-state index contributed by atoms with van der Waals surface area (Å²) in [6.45, 7) is -0.525. The van der Waals surface area contributed by atoms with E-state index in [-0.39, 0.29) is 11.3 Å². The molecule has 1 aromatic rings. The summed E-state index contributed by atoms with van der Waals surface area (Å²) >= 11 is 0. The van der Waals surface area contributed by atoms with Crippen LogP contribution in [0.1, 0.15) is 16.8 Å². The molecule has 0 atom stereocenters. The van der Waals surface area contributed by atoms with Crippen LogP contribution in [0.2, 0.25) is 0 Å². The highest BCUT2D eigenvalue weighted by molar-refractivity contribution is 5.91. The van der Waals surface area contributed by atoms with Crippen LogP contribution in [0.5, 0.6) is 0 Å². The molecule has 0 spiro atoms. The number of halogens is 3. The van der Waals surface area contributed by atoms with Crippen LogP contribution in [0, 0.1) is 0 Å². The third-order valence-electron chi connectivity index (χ3n) is 2.08. The minimum atomic E-state index is -4.32. The fraction of sp³-hybridized carbons (Fsp3) is 0.273. The second-order valence-corrected chi connectivity index (χ2v) is 3.63. The van der Waals surface area contributed by atoms with Crippen molar-refractivity contribution in [1.82, 2.24) is 5.32 Å². The molecule has 0 aliphatic carbocycles. The molecule has 5 nitrogen and oxygen atoms in total. The Hall–Kier alpha value is -2.25. The van der Waals surface area contributed by atoms with Crippen LogP contribution in [0.3, 0.4) is 0 Å². The Labute approximate surface area is 106 Å². The molecule has 0 aliphatic rings. The number of carboxylic acids is 1. The van der Waals surface area contributed by atoms with E-state index >= 15 is 0 Å². The highest BCUT2D eigenvalue weighted by atomic mass is 19.4. The summed E-state index contributed by atoms with van der Waals surface area (Å²) in [6, 6.07) is 4.44. The summed E-state index contributed by atoms with van der Waals surface area (Å²) in [5, 5.41) is 13.0. The number of rotatable bonds is 4. The molecule has 2 amide bonds. The summed E-state index contributed by atoms with van der Waals surface area (Å²) in [4.78, 5) is 21.8. The monoisotopic (exact) mass is 276 g/mol. The lowest BCUT2D eigenvalue weighted by atomic mass is 10.2. The van der Waals surface area contributed by atoms with Crippen molar-refractivity contribution in [3.8, 4) is 0 Å². The summed E-state index contributed by atoms with van der Waals surface area (Å²) in [5.41, 5.74) is 0.331. The van der Waals surface area contributed by atoms with Gasteiger partial charge in [0, 0.05) is 12.2 Å². The predicted molar refractivity (Wildman–Crippen MR) is 61.1 cm³/mol. The first kappa shape index (κ1) is 14.8. The van der Waals surface area contributed by atoms with Crippen molar-refractivity contribution >= 4 is 17.7 Å². The lowest BCUT2D eigenvalue weighted by Gasteiger charge is -2.09. The van der Waals surface area contributed by atoms with Crippen molar-refractivity contribution in [3.05, 3.63) is 29.8 Å². The molecule has 8 heteroatoms. The number of hydrogen-bond donors (Lipinski definition) is 3. The normalized spacial score (nSPS) is 10.9. The van der Waals surface area contributed by atoms with E-state index in [2.05, 4.69) is 5.32 Å². The maximum absolute atomic E-state index is 11.8. The molecular formula is C11H11F3N2O3. The molecule has 0 fully saturated rings. The molecule has 3 N–H and O–H groups in total. The summed E-state index contributed by atoms with van der Waals surface area (Å²) < 4.78 is 35.5. The predicted octanol–water partition coefficient (Wildman–Crippen LogP) is 2.46. The van der Waals surface area contributed by atoms with Gasteiger partial charge in [0.05, 0.1) is 12.0 Å². The van der Waals surface area contributed by atoms with E-state index in [9.17, 15) is 22.8 Å². The van der Waals surface area contributed by atoms with Crippen LogP contribution in [-0.4, -0.2) is 29.8 Å². The lowest BCUT2D eigenvalue weighted by molar-refractivity contribution is -0.132. The molecule has 0 aliphatic heterocycles. The third-order valence-corrected chi connectivity index (χ3v) is 2.08. The van der Waals surface area contributed by atoms with E-state index in [0.717, 1.165) is 0 Å². The van der Waals surface area contributed by atoms with E-state index in [4.69, 9.17) is 5.11 Å². The minimum Gasteiger partial charge on any atom is -0.478 e. The van der Waals surface area contributed by atoms with Crippen molar-refractivity contribution in [2.24, 2.45) is 0 Å². The van der Waals surface area contributed by atoms with Crippen molar-refractivity contribution in [2.75, 3.05) is 11.9 Å². The topological polar surface area (TPSA) is 78.4 Å². The van der Waals surface area contributed by atoms with Crippen LogP contribution in [0.15, 0.2) is 24.3 Å². The Balaban J connectivity index is 2.42. The summed E-state index contributed by atoms with van der Waals surface area (Å²) in [7, 11) is 0. The van der Waals surface area contributed by atoms with Gasteiger partial charge in [-0.15, -0.1) is 0 Å². The van der Waals surface area contributed by atoms with Gasteiger partial charge in [-0.3, -0.25) is 0 Å². The molecule has 1 rings (SSSR count). The van der Waals surface area contributed by atoms with E-state index < -0.39 is 31.1 Å².